The summed E-state index contributed by atoms with van der Waals surface area (Å²) < 4.78 is 34.0. The van der Waals surface area contributed by atoms with E-state index in [-0.39, 0.29) is 43.1 Å². The van der Waals surface area contributed by atoms with E-state index in [1.54, 1.807) is 21.1 Å². The van der Waals surface area contributed by atoms with Crippen molar-refractivity contribution in [2.24, 2.45) is 5.92 Å². The standard InChI is InChI=1S/C42H46N4O12/c1-25-20-41(46-22-27(3)37(49)44-40(46)51,24-55-58-38-31(47)19-34(56-38)45-21-26(2)36(48)43-39(45)50)57-33(25)23-54-42(28-13-8-6-9-14-28,29-15-10-7-11-16-29)30-17-12-18-32(52-4)35(30)53-5/h6-18,21-22,25,31,33-34,38,47H,19-20,23-24H2,1-5H3,(H,43,48,50)(H,44,49,51)/t25-,31?,33+,34?,38?,41-/m0/s1. The maximum atomic E-state index is 13.5. The molecule has 0 amide bonds. The molecular formula is C42H46N4O12. The molecule has 3 aromatic carbocycles. The molecule has 0 radical (unpaired) electrons. The minimum absolute atomic E-state index is 0.00444. The van der Waals surface area contributed by atoms with Gasteiger partial charge in [-0.2, -0.15) is 0 Å². The molecule has 0 spiro atoms. The fourth-order valence-corrected chi connectivity index (χ4v) is 7.78. The number of aromatic nitrogens is 4. The van der Waals surface area contributed by atoms with E-state index in [0.29, 0.717) is 17.1 Å². The van der Waals surface area contributed by atoms with Crippen molar-refractivity contribution in [3.8, 4) is 11.5 Å². The fraction of sp³-hybridized carbons (Fsp3) is 0.381. The molecule has 0 bridgehead atoms. The average molecular weight is 799 g/mol. The van der Waals surface area contributed by atoms with Crippen LogP contribution in [0.3, 0.4) is 0 Å². The van der Waals surface area contributed by atoms with Crippen molar-refractivity contribution in [3.05, 3.63) is 161 Å². The third-order valence-corrected chi connectivity index (χ3v) is 10.8. The molecule has 0 saturated carbocycles. The highest BCUT2D eigenvalue weighted by atomic mass is 17.2. The number of hydrogen-bond acceptors (Lipinski definition) is 12. The van der Waals surface area contributed by atoms with Gasteiger partial charge >= 0.3 is 11.4 Å². The van der Waals surface area contributed by atoms with Crippen molar-refractivity contribution in [2.45, 2.75) is 69.7 Å². The summed E-state index contributed by atoms with van der Waals surface area (Å²) in [5, 5.41) is 10.8. The lowest BCUT2D eigenvalue weighted by molar-refractivity contribution is -0.405. The van der Waals surface area contributed by atoms with E-state index in [4.69, 9.17) is 33.5 Å². The molecule has 306 valence electrons. The molecule has 6 atom stereocenters. The van der Waals surface area contributed by atoms with E-state index in [0.717, 1.165) is 15.7 Å². The summed E-state index contributed by atoms with van der Waals surface area (Å²) in [6.45, 7) is 4.68. The molecule has 16 heteroatoms. The van der Waals surface area contributed by atoms with Gasteiger partial charge in [0.25, 0.3) is 11.1 Å². The molecular weight excluding hydrogens is 752 g/mol. The van der Waals surface area contributed by atoms with Crippen LogP contribution in [0.15, 0.2) is 110 Å². The zero-order chi connectivity index (χ0) is 41.2. The Labute approximate surface area is 332 Å². The summed E-state index contributed by atoms with van der Waals surface area (Å²) in [6.07, 6.45) is -1.27. The van der Waals surface area contributed by atoms with Crippen molar-refractivity contribution >= 4 is 0 Å². The smallest absolute Gasteiger partial charge is 0.330 e. The first kappa shape index (κ1) is 40.6. The van der Waals surface area contributed by atoms with E-state index < -0.39 is 58.5 Å². The van der Waals surface area contributed by atoms with Crippen LogP contribution >= 0.6 is 0 Å². The number of aliphatic hydroxyl groups excluding tert-OH is 1. The lowest BCUT2D eigenvalue weighted by Crippen LogP contribution is -2.48. The van der Waals surface area contributed by atoms with Gasteiger partial charge in [0, 0.05) is 41.9 Å². The Hall–Kier alpha value is -5.62. The van der Waals surface area contributed by atoms with E-state index in [9.17, 15) is 24.3 Å². The molecule has 0 aliphatic carbocycles. The van der Waals surface area contributed by atoms with Crippen LogP contribution in [0.4, 0.5) is 0 Å². The Morgan fingerprint density at radius 3 is 2.12 bits per heavy atom. The predicted molar refractivity (Wildman–Crippen MR) is 209 cm³/mol. The Balaban J connectivity index is 1.21. The van der Waals surface area contributed by atoms with Gasteiger partial charge in [-0.15, -0.1) is 0 Å². The molecule has 58 heavy (non-hydrogen) atoms. The third-order valence-electron chi connectivity index (χ3n) is 10.8. The lowest BCUT2D eigenvalue weighted by Gasteiger charge is -2.38. The monoisotopic (exact) mass is 798 g/mol. The lowest BCUT2D eigenvalue weighted by atomic mass is 9.79. The minimum atomic E-state index is -1.54. The van der Waals surface area contributed by atoms with Gasteiger partial charge in [-0.3, -0.25) is 28.7 Å². The van der Waals surface area contributed by atoms with Gasteiger partial charge in [0.15, 0.2) is 17.2 Å². The number of H-pyrrole nitrogens is 2. The van der Waals surface area contributed by atoms with Crippen molar-refractivity contribution in [1.82, 2.24) is 19.1 Å². The molecule has 2 aliphatic rings. The van der Waals surface area contributed by atoms with Crippen molar-refractivity contribution in [3.63, 3.8) is 0 Å². The zero-order valence-corrected chi connectivity index (χ0v) is 32.7. The number of ether oxygens (including phenoxy) is 5. The van der Waals surface area contributed by atoms with Crippen LogP contribution in [-0.2, 0) is 35.3 Å². The number of benzene rings is 3. The maximum absolute atomic E-state index is 13.5. The highest BCUT2D eigenvalue weighted by Gasteiger charge is 2.50. The quantitative estimate of drug-likeness (QED) is 0.0844. The number of methoxy groups -OCH3 is 2. The molecule has 3 unspecified atom stereocenters. The van der Waals surface area contributed by atoms with E-state index in [2.05, 4.69) is 9.97 Å². The molecule has 7 rings (SSSR count). The number of nitrogens with one attached hydrogen (secondary N) is 2. The summed E-state index contributed by atoms with van der Waals surface area (Å²) in [5.41, 5.74) is -2.49. The van der Waals surface area contributed by atoms with Gasteiger partial charge in [-0.1, -0.05) is 79.7 Å². The second kappa shape index (κ2) is 16.7. The molecule has 4 heterocycles. The van der Waals surface area contributed by atoms with Gasteiger partial charge in [0.05, 0.1) is 26.9 Å². The van der Waals surface area contributed by atoms with Crippen LogP contribution in [0.5, 0.6) is 11.5 Å². The van der Waals surface area contributed by atoms with Gasteiger partial charge in [-0.25, -0.2) is 19.4 Å². The highest BCUT2D eigenvalue weighted by Crippen LogP contribution is 2.48. The van der Waals surface area contributed by atoms with Crippen molar-refractivity contribution in [1.29, 1.82) is 0 Å². The van der Waals surface area contributed by atoms with Gasteiger partial charge in [0.2, 0.25) is 6.29 Å². The molecule has 2 aromatic heterocycles. The number of hydrogen-bond donors (Lipinski definition) is 3. The number of aliphatic hydroxyl groups is 1. The molecule has 16 nitrogen and oxygen atoms in total. The fourth-order valence-electron chi connectivity index (χ4n) is 7.78. The Morgan fingerprint density at radius 2 is 1.48 bits per heavy atom. The van der Waals surface area contributed by atoms with E-state index in [1.807, 2.05) is 85.8 Å². The summed E-state index contributed by atoms with van der Waals surface area (Å²) in [5.74, 6) is 0.734. The largest absolute Gasteiger partial charge is 0.493 e. The first-order valence-electron chi connectivity index (χ1n) is 18.8. The number of aromatic amines is 2. The summed E-state index contributed by atoms with van der Waals surface area (Å²) in [4.78, 5) is 66.3. The second-order valence-electron chi connectivity index (χ2n) is 14.6. The third kappa shape index (κ3) is 7.57. The van der Waals surface area contributed by atoms with E-state index >= 15 is 0 Å². The second-order valence-corrected chi connectivity index (χ2v) is 14.6. The van der Waals surface area contributed by atoms with Gasteiger partial charge in [-0.05, 0) is 37.0 Å². The Kier molecular flexibility index (Phi) is 11.7. The Bertz CT molecular complexity index is 2430. The first-order valence-corrected chi connectivity index (χ1v) is 18.8. The molecule has 2 fully saturated rings. The summed E-state index contributed by atoms with van der Waals surface area (Å²) >= 11 is 0. The van der Waals surface area contributed by atoms with Crippen LogP contribution in [0.1, 0.15) is 53.8 Å². The summed E-state index contributed by atoms with van der Waals surface area (Å²) in [6, 6.07) is 25.1. The topological polar surface area (TPSA) is 195 Å². The predicted octanol–water partition coefficient (Wildman–Crippen LogP) is 3.36. The SMILES string of the molecule is COc1cccc(C(OC[C@H]2O[C@@](COOC3OC(n4cc(C)c(=O)[nH]c4=O)CC3O)(n3cc(C)c(=O)[nH]c3=O)C[C@@H]2C)(c2ccccc2)c2ccccc2)c1OC. The number of nitrogens with zero attached hydrogens (tertiary/aromatic N) is 2. The van der Waals surface area contributed by atoms with E-state index in [1.165, 1.54) is 23.9 Å². The highest BCUT2D eigenvalue weighted by molar-refractivity contribution is 5.57. The van der Waals surface area contributed by atoms with Crippen LogP contribution < -0.4 is 32.0 Å². The van der Waals surface area contributed by atoms with Crippen molar-refractivity contribution < 1.29 is 38.6 Å². The number of rotatable bonds is 14. The normalized spacial score (nSPS) is 23.2. The average Bonchev–Trinajstić information content (AvgIpc) is 3.76. The number of para-hydroxylation sites is 1. The zero-order valence-electron chi connectivity index (χ0n) is 32.7. The molecule has 2 aliphatic heterocycles. The van der Waals surface area contributed by atoms with Gasteiger partial charge in [0.1, 0.15) is 24.5 Å². The van der Waals surface area contributed by atoms with Gasteiger partial charge < -0.3 is 28.8 Å². The molecule has 5 aromatic rings. The number of aryl methyl sites for hydroxylation is 2. The van der Waals surface area contributed by atoms with Crippen LogP contribution in [0.25, 0.3) is 0 Å². The van der Waals surface area contributed by atoms with Crippen molar-refractivity contribution in [2.75, 3.05) is 27.4 Å². The first-order chi connectivity index (χ1) is 27.9. The maximum Gasteiger partial charge on any atom is 0.330 e. The van der Waals surface area contributed by atoms with Crippen LogP contribution in [0, 0.1) is 19.8 Å². The van der Waals surface area contributed by atoms with Crippen LogP contribution in [-0.4, -0.2) is 70.1 Å². The Morgan fingerprint density at radius 1 is 0.845 bits per heavy atom. The van der Waals surface area contributed by atoms with Crippen LogP contribution in [0.2, 0.25) is 0 Å². The molecule has 2 saturated heterocycles. The minimum Gasteiger partial charge on any atom is -0.493 e. The summed E-state index contributed by atoms with van der Waals surface area (Å²) in [7, 11) is 3.15. The molecule has 3 N–H and O–H groups in total.